The van der Waals surface area contributed by atoms with E-state index in [1.54, 1.807) is 30.6 Å². The Morgan fingerprint density at radius 3 is 2.34 bits per heavy atom. The van der Waals surface area contributed by atoms with Crippen LogP contribution in [0.2, 0.25) is 5.02 Å². The van der Waals surface area contributed by atoms with Crippen molar-refractivity contribution in [1.29, 1.82) is 0 Å². The molecule has 0 spiro atoms. The van der Waals surface area contributed by atoms with Crippen molar-refractivity contribution >= 4 is 51.8 Å². The Balaban J connectivity index is 0.000000269. The van der Waals surface area contributed by atoms with Crippen LogP contribution in [0.3, 0.4) is 0 Å². The molecule has 3 N–H and O–H groups in total. The Kier molecular flexibility index (Phi) is 8.08. The molecular formula is C23H24ClFN6S. The summed E-state index contributed by atoms with van der Waals surface area (Å²) in [4.78, 5) is 12.9. The number of aryl methyl sites for hydroxylation is 1. The van der Waals surface area contributed by atoms with Crippen LogP contribution in [-0.2, 0) is 0 Å². The van der Waals surface area contributed by atoms with Crippen LogP contribution in [0.15, 0.2) is 54.9 Å². The van der Waals surface area contributed by atoms with Crippen molar-refractivity contribution < 1.29 is 4.39 Å². The zero-order valence-corrected chi connectivity index (χ0v) is 19.8. The van der Waals surface area contributed by atoms with Gasteiger partial charge in [-0.3, -0.25) is 4.98 Å². The van der Waals surface area contributed by atoms with E-state index in [-0.39, 0.29) is 5.82 Å². The summed E-state index contributed by atoms with van der Waals surface area (Å²) in [6.07, 6.45) is 5.21. The van der Waals surface area contributed by atoms with Gasteiger partial charge in [-0.1, -0.05) is 35.7 Å². The van der Waals surface area contributed by atoms with Gasteiger partial charge in [-0.05, 0) is 31.2 Å². The van der Waals surface area contributed by atoms with Gasteiger partial charge >= 0.3 is 0 Å². The third kappa shape index (κ3) is 5.57. The van der Waals surface area contributed by atoms with E-state index >= 15 is 0 Å². The van der Waals surface area contributed by atoms with Gasteiger partial charge in [-0.25, -0.2) is 14.4 Å². The Hall–Kier alpha value is -3.10. The molecule has 6 nitrogen and oxygen atoms in total. The number of halogens is 2. The minimum atomic E-state index is -0.272. The van der Waals surface area contributed by atoms with E-state index in [0.717, 1.165) is 33.8 Å². The van der Waals surface area contributed by atoms with E-state index in [1.807, 2.05) is 51.5 Å². The van der Waals surface area contributed by atoms with Crippen molar-refractivity contribution in [3.05, 3.63) is 71.4 Å². The van der Waals surface area contributed by atoms with E-state index in [0.29, 0.717) is 16.3 Å². The first-order valence-electron chi connectivity index (χ1n) is 9.79. The number of hydrogen-bond acceptors (Lipinski definition) is 7. The second-order valence-electron chi connectivity index (χ2n) is 6.72. The lowest BCUT2D eigenvalue weighted by Gasteiger charge is -2.12. The molecule has 166 valence electrons. The summed E-state index contributed by atoms with van der Waals surface area (Å²) in [6, 6.07) is 12.8. The minimum Gasteiger partial charge on any atom is -0.373 e. The van der Waals surface area contributed by atoms with Crippen LogP contribution >= 0.6 is 23.5 Å². The second-order valence-corrected chi connectivity index (χ2v) is 7.77. The third-order valence-electron chi connectivity index (χ3n) is 4.63. The lowest BCUT2D eigenvalue weighted by Crippen LogP contribution is -1.97. The van der Waals surface area contributed by atoms with Gasteiger partial charge in [-0.2, -0.15) is 0 Å². The molecule has 1 aromatic carbocycles. The lowest BCUT2D eigenvalue weighted by atomic mass is 10.0. The Bertz CT molecular complexity index is 1200. The first kappa shape index (κ1) is 23.6. The SMILES string of the molecule is CNc1cc2nc(C)c(-c3cccc(NSC)c3F)cc2cn1.CNc1ccc(Cl)cn1. The van der Waals surface area contributed by atoms with Gasteiger partial charge < -0.3 is 15.4 Å². The first-order chi connectivity index (χ1) is 15.5. The molecule has 0 saturated heterocycles. The van der Waals surface area contributed by atoms with Crippen molar-refractivity contribution in [3.63, 3.8) is 0 Å². The Morgan fingerprint density at radius 1 is 0.938 bits per heavy atom. The summed E-state index contributed by atoms with van der Waals surface area (Å²) >= 11 is 6.94. The maximum Gasteiger partial charge on any atom is 0.154 e. The number of anilines is 3. The fourth-order valence-electron chi connectivity index (χ4n) is 3.03. The van der Waals surface area contributed by atoms with Gasteiger partial charge in [0.25, 0.3) is 0 Å². The van der Waals surface area contributed by atoms with Crippen molar-refractivity contribution in [2.75, 3.05) is 35.7 Å². The summed E-state index contributed by atoms with van der Waals surface area (Å²) in [7, 11) is 3.63. The molecule has 3 heterocycles. The molecular weight excluding hydrogens is 447 g/mol. The van der Waals surface area contributed by atoms with Gasteiger partial charge in [0.2, 0.25) is 0 Å². The average Bonchev–Trinajstić information content (AvgIpc) is 2.81. The predicted octanol–water partition coefficient (Wildman–Crippen LogP) is 6.25. The molecule has 0 aliphatic rings. The molecule has 4 rings (SSSR count). The van der Waals surface area contributed by atoms with E-state index in [9.17, 15) is 4.39 Å². The number of benzene rings is 1. The molecule has 9 heteroatoms. The summed E-state index contributed by atoms with van der Waals surface area (Å²) < 4.78 is 17.7. The fraction of sp³-hybridized carbons (Fsp3) is 0.174. The Labute approximate surface area is 196 Å². The zero-order valence-electron chi connectivity index (χ0n) is 18.2. The highest BCUT2D eigenvalue weighted by atomic mass is 35.5. The van der Waals surface area contributed by atoms with Crippen molar-refractivity contribution in [2.24, 2.45) is 0 Å². The second kappa shape index (κ2) is 11.0. The highest BCUT2D eigenvalue weighted by Gasteiger charge is 2.13. The summed E-state index contributed by atoms with van der Waals surface area (Å²) in [5.74, 6) is 1.32. The van der Waals surface area contributed by atoms with E-state index in [2.05, 4.69) is 30.3 Å². The molecule has 0 atom stereocenters. The highest BCUT2D eigenvalue weighted by molar-refractivity contribution is 7.99. The van der Waals surface area contributed by atoms with E-state index in [4.69, 9.17) is 11.6 Å². The maximum atomic E-state index is 14.7. The highest BCUT2D eigenvalue weighted by Crippen LogP contribution is 2.32. The van der Waals surface area contributed by atoms with E-state index < -0.39 is 0 Å². The van der Waals surface area contributed by atoms with Crippen LogP contribution in [0.25, 0.3) is 22.0 Å². The van der Waals surface area contributed by atoms with Crippen LogP contribution in [0, 0.1) is 12.7 Å². The van der Waals surface area contributed by atoms with Gasteiger partial charge in [0, 0.05) is 61.0 Å². The Morgan fingerprint density at radius 2 is 1.69 bits per heavy atom. The van der Waals surface area contributed by atoms with Crippen molar-refractivity contribution in [2.45, 2.75) is 6.92 Å². The molecule has 0 aliphatic carbocycles. The molecule has 0 unspecified atom stereocenters. The molecule has 32 heavy (non-hydrogen) atoms. The molecule has 0 amide bonds. The monoisotopic (exact) mass is 470 g/mol. The summed E-state index contributed by atoms with van der Waals surface area (Å²) in [5, 5.41) is 7.42. The minimum absolute atomic E-state index is 0.272. The maximum absolute atomic E-state index is 14.7. The molecule has 0 bridgehead atoms. The quantitative estimate of drug-likeness (QED) is 0.297. The molecule has 4 aromatic rings. The first-order valence-corrected chi connectivity index (χ1v) is 11.4. The number of rotatable bonds is 5. The van der Waals surface area contributed by atoms with Crippen molar-refractivity contribution in [3.8, 4) is 11.1 Å². The van der Waals surface area contributed by atoms with E-state index in [1.165, 1.54) is 11.9 Å². The third-order valence-corrected chi connectivity index (χ3v) is 5.28. The molecule has 0 aliphatic heterocycles. The van der Waals surface area contributed by atoms with Gasteiger partial charge in [-0.15, -0.1) is 0 Å². The smallest absolute Gasteiger partial charge is 0.154 e. The number of hydrogen-bond donors (Lipinski definition) is 3. The largest absolute Gasteiger partial charge is 0.373 e. The molecule has 0 radical (unpaired) electrons. The van der Waals surface area contributed by atoms with Crippen molar-refractivity contribution in [1.82, 2.24) is 15.0 Å². The van der Waals surface area contributed by atoms with Gasteiger partial charge in [0.15, 0.2) is 5.82 Å². The standard InChI is InChI=1S/C17H17FN4S.C6H7ClN2/c1-10-13(12-5-4-6-14(17(12)18)22-23-3)7-11-9-20-16(19-2)8-15(11)21-10;1-8-6-3-2-5(7)4-9-6/h4-9,22H,1-3H3,(H,19,20);2-4H,1H3,(H,8,9). The normalized spacial score (nSPS) is 10.3. The number of nitrogens with one attached hydrogen (secondary N) is 3. The van der Waals surface area contributed by atoms with Gasteiger partial charge in [0.1, 0.15) is 11.6 Å². The topological polar surface area (TPSA) is 74.8 Å². The molecule has 0 saturated carbocycles. The van der Waals surface area contributed by atoms with Gasteiger partial charge in [0.05, 0.1) is 16.2 Å². The number of aromatic nitrogens is 3. The van der Waals surface area contributed by atoms with Crippen LogP contribution < -0.4 is 15.4 Å². The predicted molar refractivity (Wildman–Crippen MR) is 135 cm³/mol. The number of nitrogens with zero attached hydrogens (tertiary/aromatic N) is 3. The average molecular weight is 471 g/mol. The lowest BCUT2D eigenvalue weighted by molar-refractivity contribution is 0.636. The summed E-state index contributed by atoms with van der Waals surface area (Å²) in [6.45, 7) is 1.89. The van der Waals surface area contributed by atoms with Crippen LogP contribution in [0.5, 0.6) is 0 Å². The number of pyridine rings is 3. The molecule has 3 aromatic heterocycles. The molecule has 0 fully saturated rings. The fourth-order valence-corrected chi connectivity index (χ4v) is 3.52. The number of fused-ring (bicyclic) bond motifs is 1. The van der Waals surface area contributed by atoms with Crippen LogP contribution in [-0.4, -0.2) is 35.3 Å². The summed E-state index contributed by atoms with van der Waals surface area (Å²) in [5.41, 5.74) is 3.40. The van der Waals surface area contributed by atoms with Crippen LogP contribution in [0.1, 0.15) is 5.69 Å². The van der Waals surface area contributed by atoms with Crippen LogP contribution in [0.4, 0.5) is 21.7 Å². The zero-order chi connectivity index (χ0) is 23.1.